The first-order valence-electron chi connectivity index (χ1n) is 13.2. The van der Waals surface area contributed by atoms with Gasteiger partial charge in [0.15, 0.2) is 11.5 Å². The van der Waals surface area contributed by atoms with Gasteiger partial charge in [-0.15, -0.1) is 16.5 Å². The Balaban J connectivity index is 1.54. The predicted octanol–water partition coefficient (Wildman–Crippen LogP) is 7.04. The minimum Gasteiger partial charge on any atom is -0.476 e. The zero-order valence-corrected chi connectivity index (χ0v) is 24.7. The first-order chi connectivity index (χ1) is 20.5. The molecule has 4 N–H and O–H groups in total. The van der Waals surface area contributed by atoms with Gasteiger partial charge in [-0.2, -0.15) is 9.65 Å². The first kappa shape index (κ1) is 29.3. The number of nitrogens with two attached hydrogens (primary N) is 1. The smallest absolute Gasteiger partial charge is 0.355 e. The Labute approximate surface area is 255 Å². The number of halogens is 3. The Morgan fingerprint density at radius 2 is 1.79 bits per heavy atom. The summed E-state index contributed by atoms with van der Waals surface area (Å²) in [5, 5.41) is 21.9. The Bertz CT molecular complexity index is 1920. The first-order valence-corrected chi connectivity index (χ1v) is 16.0. The second-order valence-corrected chi connectivity index (χ2v) is 13.2. The van der Waals surface area contributed by atoms with Gasteiger partial charge < -0.3 is 5.11 Å². The molecule has 5 aromatic rings. The van der Waals surface area contributed by atoms with Gasteiger partial charge in [-0.05, 0) is 76.9 Å². The van der Waals surface area contributed by atoms with Crippen molar-refractivity contribution < 1.29 is 27.4 Å². The van der Waals surface area contributed by atoms with Gasteiger partial charge in [0.25, 0.3) is 0 Å². The van der Waals surface area contributed by atoms with E-state index in [1.165, 1.54) is 23.6 Å². The lowest BCUT2D eigenvalue weighted by Crippen LogP contribution is -2.22. The maximum absolute atomic E-state index is 15.1. The summed E-state index contributed by atoms with van der Waals surface area (Å²) in [7, 11) is -4.00. The topological polar surface area (TPSA) is 131 Å². The van der Waals surface area contributed by atoms with Crippen LogP contribution in [0.15, 0.2) is 70.9 Å². The predicted molar refractivity (Wildman–Crippen MR) is 161 cm³/mol. The Kier molecular flexibility index (Phi) is 7.73. The summed E-state index contributed by atoms with van der Waals surface area (Å²) in [4.78, 5) is 15.4. The summed E-state index contributed by atoms with van der Waals surface area (Å²) in [6.45, 7) is 0. The number of hydrogen-bond acceptors (Lipinski definition) is 5. The molecule has 0 amide bonds. The number of thiazole rings is 1. The van der Waals surface area contributed by atoms with E-state index in [2.05, 4.69) is 4.98 Å². The highest BCUT2D eigenvalue weighted by atomic mass is 35.5. The molecule has 3 aromatic carbocycles. The van der Waals surface area contributed by atoms with Crippen LogP contribution < -0.4 is 5.14 Å². The van der Waals surface area contributed by atoms with E-state index in [9.17, 15) is 23.1 Å². The van der Waals surface area contributed by atoms with Crippen LogP contribution in [0.5, 0.6) is 0 Å². The van der Waals surface area contributed by atoms with Gasteiger partial charge in [0.2, 0.25) is 10.0 Å². The van der Waals surface area contributed by atoms with Crippen LogP contribution in [0.4, 0.5) is 8.78 Å². The summed E-state index contributed by atoms with van der Waals surface area (Å²) in [5.74, 6) is -2.14. The van der Waals surface area contributed by atoms with Gasteiger partial charge in [0, 0.05) is 39.6 Å². The second kappa shape index (κ2) is 11.4. The zero-order chi connectivity index (χ0) is 30.5. The minimum atomic E-state index is -4.00. The van der Waals surface area contributed by atoms with Crippen LogP contribution in [0.2, 0.25) is 5.02 Å². The number of hydrogen-bond donors (Lipinski definition) is 3. The molecule has 1 saturated carbocycles. The number of nitrogens with zero attached hydrogens (tertiary/aromatic N) is 3. The largest absolute Gasteiger partial charge is 0.476 e. The molecule has 1 atom stereocenters. The van der Waals surface area contributed by atoms with Crippen molar-refractivity contribution in [3.05, 3.63) is 105 Å². The fourth-order valence-electron chi connectivity index (χ4n) is 4.94. The fraction of sp³-hybridized carbons (Fsp3) is 0.167. The van der Waals surface area contributed by atoms with Gasteiger partial charge in [-0.25, -0.2) is 23.2 Å². The third kappa shape index (κ3) is 6.15. The molecule has 0 bridgehead atoms. The molecule has 1 aliphatic rings. The van der Waals surface area contributed by atoms with Crippen molar-refractivity contribution in [1.29, 1.82) is 0 Å². The second-order valence-electron chi connectivity index (χ2n) is 10.4. The van der Waals surface area contributed by atoms with Crippen LogP contribution in [0.1, 0.15) is 40.2 Å². The van der Waals surface area contributed by atoms with Crippen LogP contribution in [0, 0.1) is 17.6 Å². The number of carboxylic acid groups (broad SMARTS) is 1. The molecular weight excluding hydrogens is 618 g/mol. The highest BCUT2D eigenvalue weighted by molar-refractivity contribution is 7.95. The van der Waals surface area contributed by atoms with E-state index in [0.717, 1.165) is 41.5 Å². The quantitative estimate of drug-likeness (QED) is 0.148. The molecule has 1 aliphatic carbocycles. The van der Waals surface area contributed by atoms with Gasteiger partial charge >= 0.3 is 16.4 Å². The number of carbonyl (C=O) groups is 1. The summed E-state index contributed by atoms with van der Waals surface area (Å²) in [5.41, 5.74) is 3.89. The molecule has 0 saturated heterocycles. The van der Waals surface area contributed by atoms with E-state index >= 15 is 4.39 Å². The third-order valence-corrected chi connectivity index (χ3v) is 9.28. The molecule has 13 heteroatoms. The molecule has 1 unspecified atom stereocenters. The number of carboxylic acids is 1. The van der Waals surface area contributed by atoms with E-state index in [-0.39, 0.29) is 12.1 Å². The van der Waals surface area contributed by atoms with Crippen molar-refractivity contribution >= 4 is 39.3 Å². The standard InChI is InChI=1S/C30H23ClF2N4O4S2/c31-20-7-4-18(5-8-20)21-14-19(6-9-23(21)32)28-22(11-17-3-10-27(24(33)12-17)43(34,40)41)26(13-16-1-2-16)37(36-28)30-35-25(15-42-30)29(38)39/h3-10,12,14-16H,1-2,11,13H2,(H3-,34,38,39,40,41)/p+1. The van der Waals surface area contributed by atoms with Crippen molar-refractivity contribution in [3.63, 3.8) is 0 Å². The van der Waals surface area contributed by atoms with Crippen molar-refractivity contribution in [1.82, 2.24) is 14.8 Å². The molecule has 0 radical (unpaired) electrons. The lowest BCUT2D eigenvalue weighted by atomic mass is 9.95. The van der Waals surface area contributed by atoms with Crippen molar-refractivity contribution in [3.8, 4) is 27.5 Å². The summed E-state index contributed by atoms with van der Waals surface area (Å²) < 4.78 is 53.2. The lowest BCUT2D eigenvalue weighted by Gasteiger charge is -2.10. The van der Waals surface area contributed by atoms with Crippen LogP contribution in [0.3, 0.4) is 0 Å². The zero-order valence-electron chi connectivity index (χ0n) is 22.3. The molecule has 2 aromatic heterocycles. The van der Waals surface area contributed by atoms with Crippen LogP contribution >= 0.6 is 22.9 Å². The number of aromatic nitrogens is 3. The van der Waals surface area contributed by atoms with Gasteiger partial charge in [-0.3, -0.25) is 0 Å². The van der Waals surface area contributed by atoms with Crippen molar-refractivity contribution in [2.24, 2.45) is 11.1 Å². The minimum absolute atomic E-state index is 0.116. The van der Waals surface area contributed by atoms with Gasteiger partial charge in [-0.1, -0.05) is 29.8 Å². The molecule has 2 heterocycles. The van der Waals surface area contributed by atoms with E-state index in [1.54, 1.807) is 41.1 Å². The van der Waals surface area contributed by atoms with Crippen LogP contribution in [-0.2, 0) is 27.5 Å². The molecule has 6 rings (SSSR count). The number of benzene rings is 3. The fourth-order valence-corrected chi connectivity index (χ4v) is 6.44. The van der Waals surface area contributed by atoms with E-state index in [4.69, 9.17) is 21.8 Å². The van der Waals surface area contributed by atoms with Crippen molar-refractivity contribution in [2.45, 2.75) is 30.6 Å². The van der Waals surface area contributed by atoms with E-state index in [0.29, 0.717) is 50.4 Å². The summed E-state index contributed by atoms with van der Waals surface area (Å²) in [6, 6.07) is 15.3. The average molecular weight is 642 g/mol. The molecule has 0 spiro atoms. The SMILES string of the molecule is N[S+](=O)(O)c1ccc(Cc2c(-c3ccc(F)c(-c4ccc(Cl)cc4)c3)nn(-c3nc(C(=O)O)cs3)c2CC2CC2)cc1F. The molecule has 1 fully saturated rings. The van der Waals surface area contributed by atoms with Crippen LogP contribution in [0.25, 0.3) is 27.5 Å². The highest BCUT2D eigenvalue weighted by Crippen LogP contribution is 2.39. The maximum atomic E-state index is 15.1. The Morgan fingerprint density at radius 3 is 2.42 bits per heavy atom. The molecule has 0 aliphatic heterocycles. The molecule has 43 heavy (non-hydrogen) atoms. The highest BCUT2D eigenvalue weighted by Gasteiger charge is 2.31. The van der Waals surface area contributed by atoms with Crippen molar-refractivity contribution in [2.75, 3.05) is 0 Å². The average Bonchev–Trinajstić information content (AvgIpc) is 3.51. The Morgan fingerprint density at radius 1 is 1.07 bits per heavy atom. The van der Waals surface area contributed by atoms with Gasteiger partial charge in [0.05, 0.1) is 11.4 Å². The van der Waals surface area contributed by atoms with E-state index < -0.39 is 32.9 Å². The monoisotopic (exact) mass is 641 g/mol. The summed E-state index contributed by atoms with van der Waals surface area (Å²) in [6.07, 6.45) is 2.82. The number of rotatable bonds is 9. The molecular formula is C30H24ClF2N4O4S2+. The van der Waals surface area contributed by atoms with Gasteiger partial charge in [0.1, 0.15) is 5.82 Å². The summed E-state index contributed by atoms with van der Waals surface area (Å²) >= 11 is 7.17. The molecule has 8 nitrogen and oxygen atoms in total. The normalized spacial score (nSPS) is 14.5. The maximum Gasteiger partial charge on any atom is 0.355 e. The number of aromatic carboxylic acids is 1. The van der Waals surface area contributed by atoms with E-state index in [1.807, 2.05) is 0 Å². The Hall–Kier alpha value is -3.81. The third-order valence-electron chi connectivity index (χ3n) is 7.25. The van der Waals surface area contributed by atoms with Crippen LogP contribution in [-0.4, -0.2) is 30.4 Å². The lowest BCUT2D eigenvalue weighted by molar-refractivity contribution is 0.0691. The molecule has 220 valence electrons.